The van der Waals surface area contributed by atoms with Gasteiger partial charge in [-0.3, -0.25) is 0 Å². The van der Waals surface area contributed by atoms with Crippen LogP contribution in [0.15, 0.2) is 0 Å². The third-order valence-corrected chi connectivity index (χ3v) is 5.55. The van der Waals surface area contributed by atoms with Crippen LogP contribution in [-0.4, -0.2) is 155 Å². The monoisotopic (exact) mass is 583 g/mol. The summed E-state index contributed by atoms with van der Waals surface area (Å²) in [5.74, 6) is 0. The molecule has 0 bridgehead atoms. The zero-order valence-corrected chi connectivity index (χ0v) is 24.9. The Morgan fingerprint density at radius 2 is 0.457 bits per heavy atom. The van der Waals surface area contributed by atoms with Crippen molar-refractivity contribution in [3.05, 3.63) is 0 Å². The Bertz CT molecular complexity index is 326. The molecule has 1 radical (unpaired) electrons. The van der Waals surface area contributed by atoms with Crippen molar-refractivity contribution in [1.82, 2.24) is 52.3 Å². The average molecular weight is 585 g/mol. The van der Waals surface area contributed by atoms with E-state index in [0.29, 0.717) is 0 Å². The molecule has 2 aliphatic heterocycles. The van der Waals surface area contributed by atoms with Gasteiger partial charge in [0.1, 0.15) is 0 Å². The van der Waals surface area contributed by atoms with Crippen LogP contribution in [0.5, 0.6) is 0 Å². The van der Waals surface area contributed by atoms with Gasteiger partial charge in [0.05, 0.1) is 0 Å². The van der Waals surface area contributed by atoms with Crippen molar-refractivity contribution in [3.8, 4) is 0 Å². The number of halogens is 2. The summed E-state index contributed by atoms with van der Waals surface area (Å²) in [4.78, 5) is 4.72. The predicted octanol–water partition coefficient (Wildman–Crippen LogP) is -9.41. The van der Waals surface area contributed by atoms with Gasteiger partial charge >= 0.3 is 17.1 Å². The summed E-state index contributed by atoms with van der Waals surface area (Å²) in [6.45, 7) is 21.5. The van der Waals surface area contributed by atoms with E-state index in [2.05, 4.69) is 66.4 Å². The maximum absolute atomic E-state index is 3.44. The molecule has 2 fully saturated rings. The summed E-state index contributed by atoms with van der Waals surface area (Å²) >= 11 is 0. The third kappa shape index (κ3) is 30.8. The molecular formula is C22H54Cl2MnN10. The van der Waals surface area contributed by atoms with Crippen LogP contribution >= 0.6 is 0 Å². The number of nitrogens with zero attached hydrogens (tertiary/aromatic N) is 2. The Kier molecular flexibility index (Phi) is 37.6. The standard InChI is InChI=1S/2C11H27N5.2ClH.Mn/c2*1-16-10-8-14-6-4-12-2-3-13-5-7-15-9-11-16;;;/h2*12-15H,2-11H2,1H3;2*1H;/q;;;;+2/p-2. The summed E-state index contributed by atoms with van der Waals surface area (Å²) in [6.07, 6.45) is 0. The van der Waals surface area contributed by atoms with E-state index >= 15 is 0 Å². The van der Waals surface area contributed by atoms with E-state index in [4.69, 9.17) is 0 Å². The first kappa shape index (κ1) is 40.2. The molecule has 35 heavy (non-hydrogen) atoms. The van der Waals surface area contributed by atoms with E-state index in [0.717, 1.165) is 131 Å². The molecule has 10 nitrogen and oxygen atoms in total. The van der Waals surface area contributed by atoms with Gasteiger partial charge in [-0.15, -0.1) is 0 Å². The van der Waals surface area contributed by atoms with E-state index in [1.165, 1.54) is 0 Å². The van der Waals surface area contributed by atoms with Crippen molar-refractivity contribution in [2.75, 3.05) is 145 Å². The molecule has 0 amide bonds. The van der Waals surface area contributed by atoms with Gasteiger partial charge in [-0.2, -0.15) is 0 Å². The van der Waals surface area contributed by atoms with Gasteiger partial charge in [0.25, 0.3) is 0 Å². The number of hydrogen-bond acceptors (Lipinski definition) is 10. The van der Waals surface area contributed by atoms with E-state index in [-0.39, 0.29) is 41.9 Å². The van der Waals surface area contributed by atoms with E-state index in [9.17, 15) is 0 Å². The summed E-state index contributed by atoms with van der Waals surface area (Å²) in [5, 5.41) is 27.4. The van der Waals surface area contributed by atoms with Crippen LogP contribution in [0.2, 0.25) is 0 Å². The first-order valence-corrected chi connectivity index (χ1v) is 12.8. The second kappa shape index (κ2) is 32.7. The Balaban J connectivity index is -0.000000539. The minimum atomic E-state index is 0. The number of nitrogens with one attached hydrogen (secondary N) is 8. The molecule has 213 valence electrons. The van der Waals surface area contributed by atoms with Crippen LogP contribution in [-0.2, 0) is 17.1 Å². The molecule has 2 aliphatic rings. The van der Waals surface area contributed by atoms with Crippen molar-refractivity contribution in [3.63, 3.8) is 0 Å². The van der Waals surface area contributed by atoms with E-state index in [1.807, 2.05) is 0 Å². The number of hydrogen-bond donors (Lipinski definition) is 8. The van der Waals surface area contributed by atoms with Crippen LogP contribution in [0.1, 0.15) is 0 Å². The molecule has 13 heteroatoms. The van der Waals surface area contributed by atoms with E-state index in [1.54, 1.807) is 0 Å². The zero-order valence-electron chi connectivity index (χ0n) is 22.2. The van der Waals surface area contributed by atoms with Crippen LogP contribution < -0.4 is 67.3 Å². The summed E-state index contributed by atoms with van der Waals surface area (Å²) in [7, 11) is 4.36. The first-order valence-electron chi connectivity index (χ1n) is 12.8. The molecular weight excluding hydrogens is 530 g/mol. The van der Waals surface area contributed by atoms with Crippen LogP contribution in [0.3, 0.4) is 0 Å². The van der Waals surface area contributed by atoms with Crippen LogP contribution in [0.25, 0.3) is 0 Å². The minimum Gasteiger partial charge on any atom is -1.00 e. The Morgan fingerprint density at radius 1 is 0.314 bits per heavy atom. The Morgan fingerprint density at radius 3 is 0.629 bits per heavy atom. The predicted molar refractivity (Wildman–Crippen MR) is 138 cm³/mol. The van der Waals surface area contributed by atoms with Crippen molar-refractivity contribution >= 4 is 0 Å². The smallest absolute Gasteiger partial charge is 1.00 e. The van der Waals surface area contributed by atoms with Crippen molar-refractivity contribution in [2.24, 2.45) is 0 Å². The van der Waals surface area contributed by atoms with Gasteiger partial charge in [-0.05, 0) is 14.1 Å². The number of likely N-dealkylation sites (N-methyl/N-ethyl adjacent to an activating group) is 2. The molecule has 0 aliphatic carbocycles. The van der Waals surface area contributed by atoms with Gasteiger partial charge in [-0.25, -0.2) is 0 Å². The summed E-state index contributed by atoms with van der Waals surface area (Å²) in [5.41, 5.74) is 0. The molecule has 2 heterocycles. The fraction of sp³-hybridized carbons (Fsp3) is 1.00. The zero-order chi connectivity index (χ0) is 23.0. The molecule has 0 aromatic carbocycles. The summed E-state index contributed by atoms with van der Waals surface area (Å²) < 4.78 is 0. The van der Waals surface area contributed by atoms with Crippen molar-refractivity contribution in [1.29, 1.82) is 0 Å². The fourth-order valence-corrected chi connectivity index (χ4v) is 3.36. The van der Waals surface area contributed by atoms with Gasteiger partial charge < -0.3 is 77.1 Å². The van der Waals surface area contributed by atoms with Gasteiger partial charge in [0.2, 0.25) is 0 Å². The molecule has 0 saturated carbocycles. The molecule has 0 unspecified atom stereocenters. The summed E-state index contributed by atoms with van der Waals surface area (Å²) in [6, 6.07) is 0. The second-order valence-corrected chi connectivity index (χ2v) is 8.61. The fourth-order valence-electron chi connectivity index (χ4n) is 3.36. The molecule has 0 aromatic heterocycles. The quantitative estimate of drug-likeness (QED) is 0.131. The molecule has 2 saturated heterocycles. The second-order valence-electron chi connectivity index (χ2n) is 8.61. The molecule has 0 spiro atoms. The first-order chi connectivity index (χ1) is 15.8. The Hall–Kier alpha value is 0.699. The van der Waals surface area contributed by atoms with Gasteiger partial charge in [-0.1, -0.05) is 0 Å². The van der Waals surface area contributed by atoms with Crippen molar-refractivity contribution < 1.29 is 41.9 Å². The van der Waals surface area contributed by atoms with Crippen molar-refractivity contribution in [2.45, 2.75) is 0 Å². The Labute approximate surface area is 238 Å². The average Bonchev–Trinajstić information content (AvgIpc) is 2.80. The topological polar surface area (TPSA) is 103 Å². The largest absolute Gasteiger partial charge is 2.00 e. The van der Waals surface area contributed by atoms with Crippen LogP contribution in [0.4, 0.5) is 0 Å². The maximum atomic E-state index is 3.44. The minimum absolute atomic E-state index is 0. The van der Waals surface area contributed by atoms with E-state index < -0.39 is 0 Å². The number of rotatable bonds is 0. The molecule has 2 rings (SSSR count). The SMILES string of the molecule is CN1CCNCCNCCNCCNCC1.CN1CCNCCNCCNCCNCC1.[Cl-].[Cl-].[Mn+2]. The third-order valence-electron chi connectivity index (χ3n) is 5.55. The molecule has 0 aromatic rings. The molecule has 0 atom stereocenters. The molecule has 8 N–H and O–H groups in total. The van der Waals surface area contributed by atoms with Gasteiger partial charge in [0.15, 0.2) is 0 Å². The normalized spacial score (nSPS) is 22.5. The van der Waals surface area contributed by atoms with Crippen LogP contribution in [0, 0.1) is 0 Å². The van der Waals surface area contributed by atoms with Gasteiger partial charge in [0, 0.05) is 131 Å². The maximum Gasteiger partial charge on any atom is 2.00 e.